The quantitative estimate of drug-likeness (QED) is 0.662. The molecule has 1 rings (SSSR count). The maximum Gasteiger partial charge on any atom is 0.319 e. The Kier molecular flexibility index (Phi) is 6.10. The van der Waals surface area contributed by atoms with Crippen molar-refractivity contribution in [3.63, 3.8) is 0 Å². The van der Waals surface area contributed by atoms with E-state index in [1.807, 2.05) is 30.3 Å². The van der Waals surface area contributed by atoms with Crippen molar-refractivity contribution in [1.82, 2.24) is 10.6 Å². The fourth-order valence-electron chi connectivity index (χ4n) is 1.38. The molecule has 0 aromatic heterocycles. The number of urea groups is 1. The molecule has 0 saturated carbocycles. The lowest BCUT2D eigenvalue weighted by Crippen LogP contribution is -2.32. The van der Waals surface area contributed by atoms with Crippen LogP contribution in [0.15, 0.2) is 30.3 Å². The second-order valence-electron chi connectivity index (χ2n) is 4.21. The minimum atomic E-state index is -0.152. The topological polar surface area (TPSA) is 53.2 Å². The van der Waals surface area contributed by atoms with Gasteiger partial charge in [-0.3, -0.25) is 0 Å². The predicted octanol–water partition coefficient (Wildman–Crippen LogP) is 2.20. The number of carbonyl (C=O) groups is 1. The van der Waals surface area contributed by atoms with Gasteiger partial charge in [0, 0.05) is 18.3 Å². The van der Waals surface area contributed by atoms with Gasteiger partial charge in [-0.1, -0.05) is 32.0 Å². The van der Waals surface area contributed by atoms with E-state index in [9.17, 15) is 4.79 Å². The van der Waals surface area contributed by atoms with E-state index in [1.54, 1.807) is 0 Å². The molecule has 0 aliphatic carbocycles. The molecule has 3 N–H and O–H groups in total. The van der Waals surface area contributed by atoms with Gasteiger partial charge in [0.05, 0.1) is 0 Å². The van der Waals surface area contributed by atoms with Crippen molar-refractivity contribution in [1.29, 1.82) is 0 Å². The summed E-state index contributed by atoms with van der Waals surface area (Å²) in [4.78, 5) is 11.5. The standard InChI is InChI=1S/C13H21N3O/c1-11(2)14-9-6-10-15-13(17)16-12-7-4-3-5-8-12/h3-5,7-8,11,14H,6,9-10H2,1-2H3,(H2,15,16,17). The summed E-state index contributed by atoms with van der Waals surface area (Å²) in [5.41, 5.74) is 0.810. The Labute approximate surface area is 103 Å². The third-order valence-corrected chi connectivity index (χ3v) is 2.22. The van der Waals surface area contributed by atoms with E-state index < -0.39 is 0 Å². The molecule has 4 heteroatoms. The lowest BCUT2D eigenvalue weighted by molar-refractivity contribution is 0.252. The molecule has 2 amide bonds. The van der Waals surface area contributed by atoms with Crippen molar-refractivity contribution in [2.75, 3.05) is 18.4 Å². The molecule has 94 valence electrons. The molecular formula is C13H21N3O. The van der Waals surface area contributed by atoms with E-state index in [-0.39, 0.29) is 6.03 Å². The minimum absolute atomic E-state index is 0.152. The predicted molar refractivity (Wildman–Crippen MR) is 71.2 cm³/mol. The van der Waals surface area contributed by atoms with Crippen LogP contribution in [0.1, 0.15) is 20.3 Å². The zero-order valence-electron chi connectivity index (χ0n) is 10.5. The number of anilines is 1. The highest BCUT2D eigenvalue weighted by molar-refractivity contribution is 5.89. The highest BCUT2D eigenvalue weighted by Gasteiger charge is 1.99. The van der Waals surface area contributed by atoms with Gasteiger partial charge in [-0.25, -0.2) is 4.79 Å². The van der Waals surface area contributed by atoms with Gasteiger partial charge in [0.2, 0.25) is 0 Å². The van der Waals surface area contributed by atoms with Crippen molar-refractivity contribution in [2.45, 2.75) is 26.3 Å². The number of hydrogen-bond acceptors (Lipinski definition) is 2. The van der Waals surface area contributed by atoms with Gasteiger partial charge in [0.25, 0.3) is 0 Å². The number of hydrogen-bond donors (Lipinski definition) is 3. The Morgan fingerprint density at radius 3 is 2.53 bits per heavy atom. The number of para-hydroxylation sites is 1. The summed E-state index contributed by atoms with van der Waals surface area (Å²) in [7, 11) is 0. The number of rotatable bonds is 6. The molecule has 1 aromatic rings. The van der Waals surface area contributed by atoms with E-state index in [0.29, 0.717) is 12.6 Å². The smallest absolute Gasteiger partial charge is 0.319 e. The third-order valence-electron chi connectivity index (χ3n) is 2.22. The van der Waals surface area contributed by atoms with Crippen LogP contribution in [0.3, 0.4) is 0 Å². The number of nitrogens with one attached hydrogen (secondary N) is 3. The van der Waals surface area contributed by atoms with Crippen LogP contribution < -0.4 is 16.0 Å². The second kappa shape index (κ2) is 7.68. The summed E-state index contributed by atoms with van der Waals surface area (Å²) >= 11 is 0. The van der Waals surface area contributed by atoms with E-state index >= 15 is 0 Å². The van der Waals surface area contributed by atoms with Gasteiger partial charge in [0.15, 0.2) is 0 Å². The van der Waals surface area contributed by atoms with Gasteiger partial charge < -0.3 is 16.0 Å². The minimum Gasteiger partial charge on any atom is -0.338 e. The monoisotopic (exact) mass is 235 g/mol. The normalized spacial score (nSPS) is 10.3. The average Bonchev–Trinajstić information content (AvgIpc) is 2.29. The van der Waals surface area contributed by atoms with Crippen LogP contribution in [0.5, 0.6) is 0 Å². The highest BCUT2D eigenvalue weighted by atomic mass is 16.2. The number of amides is 2. The SMILES string of the molecule is CC(C)NCCCNC(=O)Nc1ccccc1. The van der Waals surface area contributed by atoms with Crippen molar-refractivity contribution in [2.24, 2.45) is 0 Å². The first-order valence-electron chi connectivity index (χ1n) is 6.02. The molecule has 17 heavy (non-hydrogen) atoms. The highest BCUT2D eigenvalue weighted by Crippen LogP contribution is 2.03. The molecule has 0 spiro atoms. The van der Waals surface area contributed by atoms with E-state index in [1.165, 1.54) is 0 Å². The molecule has 0 aliphatic heterocycles. The first-order chi connectivity index (χ1) is 8.18. The van der Waals surface area contributed by atoms with E-state index in [0.717, 1.165) is 18.7 Å². The van der Waals surface area contributed by atoms with Crippen LogP contribution in [0.4, 0.5) is 10.5 Å². The molecule has 0 heterocycles. The molecular weight excluding hydrogens is 214 g/mol. The van der Waals surface area contributed by atoms with Crippen LogP contribution in [0.25, 0.3) is 0 Å². The van der Waals surface area contributed by atoms with Gasteiger partial charge in [-0.15, -0.1) is 0 Å². The Hall–Kier alpha value is -1.55. The van der Waals surface area contributed by atoms with Crippen molar-refractivity contribution in [3.05, 3.63) is 30.3 Å². The summed E-state index contributed by atoms with van der Waals surface area (Å²) in [6.45, 7) is 5.81. The molecule has 0 bridgehead atoms. The lowest BCUT2D eigenvalue weighted by atomic mass is 10.3. The van der Waals surface area contributed by atoms with Crippen molar-refractivity contribution < 1.29 is 4.79 Å². The molecule has 0 radical (unpaired) electrons. The first-order valence-corrected chi connectivity index (χ1v) is 6.02. The number of benzene rings is 1. The van der Waals surface area contributed by atoms with Gasteiger partial charge in [-0.05, 0) is 25.1 Å². The van der Waals surface area contributed by atoms with E-state index in [2.05, 4.69) is 29.8 Å². The van der Waals surface area contributed by atoms with Crippen LogP contribution in [0, 0.1) is 0 Å². The van der Waals surface area contributed by atoms with Crippen LogP contribution in [-0.2, 0) is 0 Å². The molecule has 0 unspecified atom stereocenters. The zero-order chi connectivity index (χ0) is 12.5. The summed E-state index contributed by atoms with van der Waals surface area (Å²) in [6, 6.07) is 9.76. The van der Waals surface area contributed by atoms with Crippen molar-refractivity contribution >= 4 is 11.7 Å². The Bertz CT molecular complexity index is 325. The van der Waals surface area contributed by atoms with Crippen LogP contribution >= 0.6 is 0 Å². The maximum atomic E-state index is 11.5. The fourth-order valence-corrected chi connectivity index (χ4v) is 1.38. The summed E-state index contributed by atoms with van der Waals surface area (Å²) in [5, 5.41) is 8.88. The lowest BCUT2D eigenvalue weighted by Gasteiger charge is -2.09. The second-order valence-corrected chi connectivity index (χ2v) is 4.21. The molecule has 4 nitrogen and oxygen atoms in total. The summed E-state index contributed by atoms with van der Waals surface area (Å²) in [5.74, 6) is 0. The molecule has 0 saturated heterocycles. The summed E-state index contributed by atoms with van der Waals surface area (Å²) in [6.07, 6.45) is 0.931. The van der Waals surface area contributed by atoms with Crippen LogP contribution in [0.2, 0.25) is 0 Å². The van der Waals surface area contributed by atoms with Gasteiger partial charge >= 0.3 is 6.03 Å². The van der Waals surface area contributed by atoms with Crippen LogP contribution in [-0.4, -0.2) is 25.2 Å². The molecule has 0 aliphatic rings. The Morgan fingerprint density at radius 1 is 1.18 bits per heavy atom. The fraction of sp³-hybridized carbons (Fsp3) is 0.462. The molecule has 1 aromatic carbocycles. The van der Waals surface area contributed by atoms with Gasteiger partial charge in [-0.2, -0.15) is 0 Å². The zero-order valence-corrected chi connectivity index (χ0v) is 10.5. The largest absolute Gasteiger partial charge is 0.338 e. The van der Waals surface area contributed by atoms with Gasteiger partial charge in [0.1, 0.15) is 0 Å². The van der Waals surface area contributed by atoms with E-state index in [4.69, 9.17) is 0 Å². The first kappa shape index (κ1) is 13.5. The number of carbonyl (C=O) groups excluding carboxylic acids is 1. The third kappa shape index (κ3) is 6.58. The summed E-state index contributed by atoms with van der Waals surface area (Å²) < 4.78 is 0. The molecule has 0 fully saturated rings. The molecule has 0 atom stereocenters. The Balaban J connectivity index is 2.10. The Morgan fingerprint density at radius 2 is 1.88 bits per heavy atom. The van der Waals surface area contributed by atoms with Crippen molar-refractivity contribution in [3.8, 4) is 0 Å². The average molecular weight is 235 g/mol. The maximum absolute atomic E-state index is 11.5.